The SMILES string of the molecule is COc1c(C(=O)O)cccc1-c1cccc(NS(C)(=O)=O)c1. The maximum Gasteiger partial charge on any atom is 0.339 e. The van der Waals surface area contributed by atoms with Crippen molar-refractivity contribution in [2.75, 3.05) is 18.1 Å². The van der Waals surface area contributed by atoms with E-state index in [2.05, 4.69) is 4.72 Å². The summed E-state index contributed by atoms with van der Waals surface area (Å²) in [5.41, 5.74) is 1.65. The van der Waals surface area contributed by atoms with E-state index < -0.39 is 16.0 Å². The molecule has 0 saturated heterocycles. The Morgan fingerprint density at radius 3 is 2.45 bits per heavy atom. The summed E-state index contributed by atoms with van der Waals surface area (Å²) in [5.74, 6) is -0.865. The van der Waals surface area contributed by atoms with E-state index in [4.69, 9.17) is 4.74 Å². The fourth-order valence-corrected chi connectivity index (χ4v) is 2.67. The van der Waals surface area contributed by atoms with Crippen molar-refractivity contribution in [1.82, 2.24) is 0 Å². The Bertz CT molecular complexity index is 814. The molecule has 0 radical (unpaired) electrons. The Morgan fingerprint density at radius 2 is 1.86 bits per heavy atom. The summed E-state index contributed by atoms with van der Waals surface area (Å²) in [7, 11) is -2.00. The number of ether oxygens (including phenoxy) is 1. The number of hydrogen-bond donors (Lipinski definition) is 2. The fourth-order valence-electron chi connectivity index (χ4n) is 2.12. The maximum atomic E-state index is 11.3. The van der Waals surface area contributed by atoms with E-state index in [9.17, 15) is 18.3 Å². The second-order valence-electron chi connectivity index (χ2n) is 4.65. The van der Waals surface area contributed by atoms with Gasteiger partial charge in [-0.15, -0.1) is 0 Å². The highest BCUT2D eigenvalue weighted by atomic mass is 32.2. The van der Waals surface area contributed by atoms with Gasteiger partial charge in [0.1, 0.15) is 11.3 Å². The molecule has 22 heavy (non-hydrogen) atoms. The van der Waals surface area contributed by atoms with Gasteiger partial charge in [0.25, 0.3) is 0 Å². The molecule has 0 aliphatic carbocycles. The van der Waals surface area contributed by atoms with Gasteiger partial charge in [-0.05, 0) is 23.8 Å². The molecule has 6 nitrogen and oxygen atoms in total. The number of rotatable bonds is 5. The van der Waals surface area contributed by atoms with Gasteiger partial charge in [-0.3, -0.25) is 4.72 Å². The average molecular weight is 321 g/mol. The molecule has 2 N–H and O–H groups in total. The normalized spacial score (nSPS) is 11.0. The van der Waals surface area contributed by atoms with Crippen molar-refractivity contribution in [2.24, 2.45) is 0 Å². The molecule has 0 fully saturated rings. The van der Waals surface area contributed by atoms with Crippen LogP contribution in [0.3, 0.4) is 0 Å². The summed E-state index contributed by atoms with van der Waals surface area (Å²) >= 11 is 0. The number of sulfonamides is 1. The summed E-state index contributed by atoms with van der Waals surface area (Å²) in [4.78, 5) is 11.2. The molecule has 0 aromatic heterocycles. The molecule has 0 saturated carbocycles. The van der Waals surface area contributed by atoms with Gasteiger partial charge in [-0.2, -0.15) is 0 Å². The van der Waals surface area contributed by atoms with E-state index >= 15 is 0 Å². The third-order valence-electron chi connectivity index (χ3n) is 2.93. The van der Waals surface area contributed by atoms with E-state index in [0.717, 1.165) is 6.26 Å². The highest BCUT2D eigenvalue weighted by Gasteiger charge is 2.16. The van der Waals surface area contributed by atoms with E-state index in [1.165, 1.54) is 13.2 Å². The van der Waals surface area contributed by atoms with Crippen molar-refractivity contribution in [3.05, 3.63) is 48.0 Å². The third kappa shape index (κ3) is 3.56. The van der Waals surface area contributed by atoms with Crippen LogP contribution in [0.4, 0.5) is 5.69 Å². The molecule has 0 aliphatic rings. The summed E-state index contributed by atoms with van der Waals surface area (Å²) < 4.78 is 30.2. The van der Waals surface area contributed by atoms with Gasteiger partial charge < -0.3 is 9.84 Å². The molecule has 0 amide bonds. The van der Waals surface area contributed by atoms with Crippen molar-refractivity contribution in [1.29, 1.82) is 0 Å². The lowest BCUT2D eigenvalue weighted by Gasteiger charge is -2.12. The molecular formula is C15H15NO5S. The first-order chi connectivity index (χ1) is 10.3. The van der Waals surface area contributed by atoms with Gasteiger partial charge in [-0.1, -0.05) is 24.3 Å². The van der Waals surface area contributed by atoms with E-state index in [1.807, 2.05) is 0 Å². The summed E-state index contributed by atoms with van der Waals surface area (Å²) in [6.07, 6.45) is 1.06. The molecule has 2 rings (SSSR count). The molecule has 0 atom stereocenters. The molecular weight excluding hydrogens is 306 g/mol. The second kappa shape index (κ2) is 6.07. The largest absolute Gasteiger partial charge is 0.495 e. The Hall–Kier alpha value is -2.54. The van der Waals surface area contributed by atoms with Crippen molar-refractivity contribution in [3.63, 3.8) is 0 Å². The third-order valence-corrected chi connectivity index (χ3v) is 3.53. The number of nitrogens with one attached hydrogen (secondary N) is 1. The molecule has 0 aliphatic heterocycles. The van der Waals surface area contributed by atoms with Gasteiger partial charge in [0.2, 0.25) is 10.0 Å². The lowest BCUT2D eigenvalue weighted by molar-refractivity contribution is 0.0693. The summed E-state index contributed by atoms with van der Waals surface area (Å²) in [6.45, 7) is 0. The first kappa shape index (κ1) is 15.8. The number of carboxylic acid groups (broad SMARTS) is 1. The van der Waals surface area contributed by atoms with Gasteiger partial charge in [0.05, 0.1) is 13.4 Å². The van der Waals surface area contributed by atoms with E-state index in [1.54, 1.807) is 36.4 Å². The fraction of sp³-hybridized carbons (Fsp3) is 0.133. The smallest absolute Gasteiger partial charge is 0.339 e. The monoisotopic (exact) mass is 321 g/mol. The predicted octanol–water partition coefficient (Wildman–Crippen LogP) is 2.43. The lowest BCUT2D eigenvalue weighted by Crippen LogP contribution is -2.09. The van der Waals surface area contributed by atoms with Gasteiger partial charge in [-0.25, -0.2) is 13.2 Å². The minimum atomic E-state index is -3.39. The second-order valence-corrected chi connectivity index (χ2v) is 6.40. The van der Waals surface area contributed by atoms with Crippen molar-refractivity contribution < 1.29 is 23.1 Å². The van der Waals surface area contributed by atoms with Crippen LogP contribution in [0.2, 0.25) is 0 Å². The number of benzene rings is 2. The zero-order chi connectivity index (χ0) is 16.3. The van der Waals surface area contributed by atoms with Crippen LogP contribution >= 0.6 is 0 Å². The van der Waals surface area contributed by atoms with E-state index in [-0.39, 0.29) is 11.3 Å². The minimum Gasteiger partial charge on any atom is -0.495 e. The Balaban J connectivity index is 2.55. The van der Waals surface area contributed by atoms with Crippen LogP contribution in [-0.2, 0) is 10.0 Å². The summed E-state index contributed by atoms with van der Waals surface area (Å²) in [5, 5.41) is 9.20. The highest BCUT2D eigenvalue weighted by molar-refractivity contribution is 7.92. The molecule has 2 aromatic rings. The number of anilines is 1. The molecule has 116 valence electrons. The maximum absolute atomic E-state index is 11.3. The van der Waals surface area contributed by atoms with Crippen LogP contribution in [0, 0.1) is 0 Å². The van der Waals surface area contributed by atoms with Crippen LogP contribution in [0.15, 0.2) is 42.5 Å². The van der Waals surface area contributed by atoms with Gasteiger partial charge >= 0.3 is 5.97 Å². The number of carboxylic acids is 1. The van der Waals surface area contributed by atoms with Crippen LogP contribution in [-0.4, -0.2) is 32.9 Å². The Morgan fingerprint density at radius 1 is 1.18 bits per heavy atom. The molecule has 7 heteroatoms. The van der Waals surface area contributed by atoms with Gasteiger partial charge in [0, 0.05) is 11.3 Å². The molecule has 0 bridgehead atoms. The van der Waals surface area contributed by atoms with Crippen LogP contribution < -0.4 is 9.46 Å². The highest BCUT2D eigenvalue weighted by Crippen LogP contribution is 2.34. The van der Waals surface area contributed by atoms with Gasteiger partial charge in [0.15, 0.2) is 0 Å². The van der Waals surface area contributed by atoms with Crippen molar-refractivity contribution in [2.45, 2.75) is 0 Å². The molecule has 2 aromatic carbocycles. The number of carbonyl (C=O) groups is 1. The number of aromatic carboxylic acids is 1. The topological polar surface area (TPSA) is 92.7 Å². The average Bonchev–Trinajstić information content (AvgIpc) is 2.44. The molecule has 0 unspecified atom stereocenters. The standard InChI is InChI=1S/C15H15NO5S/c1-21-14-12(7-4-8-13(14)15(17)18)10-5-3-6-11(9-10)16-22(2,19)20/h3-9,16H,1-2H3,(H,17,18). The molecule has 0 heterocycles. The quantitative estimate of drug-likeness (QED) is 0.882. The number of methoxy groups -OCH3 is 1. The first-order valence-corrected chi connectivity index (χ1v) is 8.19. The van der Waals surface area contributed by atoms with Crippen LogP contribution in [0.25, 0.3) is 11.1 Å². The lowest BCUT2D eigenvalue weighted by atomic mass is 10.0. The van der Waals surface area contributed by atoms with E-state index in [0.29, 0.717) is 16.8 Å². The zero-order valence-electron chi connectivity index (χ0n) is 12.0. The number of para-hydroxylation sites is 1. The minimum absolute atomic E-state index is 0.0430. The first-order valence-electron chi connectivity index (χ1n) is 6.30. The predicted molar refractivity (Wildman–Crippen MR) is 83.9 cm³/mol. The Labute approximate surface area is 128 Å². The summed E-state index contributed by atoms with van der Waals surface area (Å²) in [6, 6.07) is 11.4. The van der Waals surface area contributed by atoms with Crippen LogP contribution in [0.5, 0.6) is 5.75 Å². The number of hydrogen-bond acceptors (Lipinski definition) is 4. The zero-order valence-corrected chi connectivity index (χ0v) is 12.8. The van der Waals surface area contributed by atoms with Crippen LogP contribution in [0.1, 0.15) is 10.4 Å². The van der Waals surface area contributed by atoms with Crippen molar-refractivity contribution >= 4 is 21.7 Å². The van der Waals surface area contributed by atoms with Crippen molar-refractivity contribution in [3.8, 4) is 16.9 Å². The molecule has 0 spiro atoms. The Kier molecular flexibility index (Phi) is 4.37.